The van der Waals surface area contributed by atoms with Gasteiger partial charge in [0.25, 0.3) is 0 Å². The number of rotatable bonds is 3. The smallest absolute Gasteiger partial charge is 0.327 e. The average molecular weight is 309 g/mol. The molecule has 2 nitrogen and oxygen atoms in total. The lowest BCUT2D eigenvalue weighted by molar-refractivity contribution is -0.140. The van der Waals surface area contributed by atoms with Crippen LogP contribution >= 0.6 is 22.9 Å². The zero-order valence-corrected chi connectivity index (χ0v) is 11.9. The lowest BCUT2D eigenvalue weighted by atomic mass is 10.3. The van der Waals surface area contributed by atoms with Crippen LogP contribution < -0.4 is 0 Å². The Labute approximate surface area is 117 Å². The molecule has 0 aliphatic heterocycles. The summed E-state index contributed by atoms with van der Waals surface area (Å²) in [4.78, 5) is 5.33. The van der Waals surface area contributed by atoms with Crippen LogP contribution in [0.5, 0.6) is 0 Å². The summed E-state index contributed by atoms with van der Waals surface area (Å²) in [7, 11) is 0. The number of alkyl halides is 4. The minimum Gasteiger partial charge on any atom is -0.327 e. The third-order valence-corrected chi connectivity index (χ3v) is 4.12. The van der Waals surface area contributed by atoms with E-state index < -0.39 is 11.9 Å². The summed E-state index contributed by atoms with van der Waals surface area (Å²) < 4.78 is 39.7. The summed E-state index contributed by atoms with van der Waals surface area (Å²) in [6.45, 7) is 3.64. The molecule has 0 fully saturated rings. The topological polar surface area (TPSA) is 17.8 Å². The summed E-state index contributed by atoms with van der Waals surface area (Å²) in [5.74, 6) is 0.683. The molecule has 0 saturated carbocycles. The van der Waals surface area contributed by atoms with Gasteiger partial charge in [0.05, 0.1) is 10.8 Å². The van der Waals surface area contributed by atoms with Gasteiger partial charge in [0.1, 0.15) is 0 Å². The molecule has 0 aromatic carbocycles. The van der Waals surface area contributed by atoms with Crippen LogP contribution in [0.2, 0.25) is 0 Å². The van der Waals surface area contributed by atoms with Gasteiger partial charge in [-0.2, -0.15) is 13.2 Å². The number of halogens is 4. The largest absolute Gasteiger partial charge is 0.434 e. The normalized spacial score (nSPS) is 12.4. The molecule has 0 amide bonds. The van der Waals surface area contributed by atoms with Crippen molar-refractivity contribution >= 4 is 22.9 Å². The molecular formula is C12H12ClF3N2S. The van der Waals surface area contributed by atoms with E-state index in [-0.39, 0.29) is 6.04 Å². The fourth-order valence-electron chi connectivity index (χ4n) is 1.68. The maximum absolute atomic E-state index is 12.7. The Morgan fingerprint density at radius 1 is 1.37 bits per heavy atom. The van der Waals surface area contributed by atoms with Gasteiger partial charge in [-0.05, 0) is 26.0 Å². The van der Waals surface area contributed by atoms with Crippen molar-refractivity contribution in [1.82, 2.24) is 9.55 Å². The first-order valence-electron chi connectivity index (χ1n) is 5.64. The van der Waals surface area contributed by atoms with E-state index in [9.17, 15) is 13.2 Å². The molecule has 0 spiro atoms. The van der Waals surface area contributed by atoms with Gasteiger partial charge in [0.15, 0.2) is 11.5 Å². The fraction of sp³-hybridized carbons (Fsp3) is 0.417. The van der Waals surface area contributed by atoms with Crippen LogP contribution in [0, 0.1) is 0 Å². The average Bonchev–Trinajstić information content (AvgIpc) is 2.94. The van der Waals surface area contributed by atoms with Crippen molar-refractivity contribution in [2.24, 2.45) is 0 Å². The Morgan fingerprint density at radius 3 is 2.53 bits per heavy atom. The molecule has 7 heteroatoms. The van der Waals surface area contributed by atoms with E-state index in [2.05, 4.69) is 4.98 Å². The van der Waals surface area contributed by atoms with E-state index in [0.29, 0.717) is 16.6 Å². The van der Waals surface area contributed by atoms with Crippen molar-refractivity contribution in [3.63, 3.8) is 0 Å². The van der Waals surface area contributed by atoms with E-state index in [1.807, 2.05) is 13.8 Å². The number of thiophene rings is 1. The first kappa shape index (κ1) is 14.4. The molecule has 2 heterocycles. The lowest BCUT2D eigenvalue weighted by Crippen LogP contribution is -2.05. The van der Waals surface area contributed by atoms with Gasteiger partial charge in [-0.1, -0.05) is 0 Å². The van der Waals surface area contributed by atoms with Crippen molar-refractivity contribution < 1.29 is 13.2 Å². The minimum absolute atomic E-state index is 0.0971. The molecule has 0 aliphatic rings. The summed E-state index contributed by atoms with van der Waals surface area (Å²) in [6, 6.07) is 3.46. The number of aromatic nitrogens is 2. The molecule has 104 valence electrons. The van der Waals surface area contributed by atoms with Crippen LogP contribution in [0.25, 0.3) is 10.7 Å². The van der Waals surface area contributed by atoms with E-state index >= 15 is 0 Å². The lowest BCUT2D eigenvalue weighted by Gasteiger charge is -2.09. The fourth-order valence-corrected chi connectivity index (χ4v) is 2.78. The van der Waals surface area contributed by atoms with Crippen LogP contribution in [0.1, 0.15) is 30.5 Å². The molecule has 0 saturated heterocycles. The van der Waals surface area contributed by atoms with Crippen LogP contribution in [0.3, 0.4) is 0 Å². The van der Waals surface area contributed by atoms with E-state index in [1.165, 1.54) is 15.9 Å². The molecular weight excluding hydrogens is 297 g/mol. The summed E-state index contributed by atoms with van der Waals surface area (Å²) in [6.07, 6.45) is -3.37. The van der Waals surface area contributed by atoms with Crippen molar-refractivity contribution in [2.75, 3.05) is 0 Å². The minimum atomic E-state index is -4.43. The number of imidazole rings is 1. The summed E-state index contributed by atoms with van der Waals surface area (Å²) in [5, 5.41) is 0. The van der Waals surface area contributed by atoms with Gasteiger partial charge < -0.3 is 4.57 Å². The van der Waals surface area contributed by atoms with Crippen molar-refractivity contribution in [3.8, 4) is 10.7 Å². The predicted molar refractivity (Wildman–Crippen MR) is 70.5 cm³/mol. The van der Waals surface area contributed by atoms with Gasteiger partial charge in [-0.3, -0.25) is 0 Å². The SMILES string of the molecule is CC(C)n1cc(C(F)(F)F)nc1-c1ccc(CCl)s1. The highest BCUT2D eigenvalue weighted by atomic mass is 35.5. The Morgan fingerprint density at radius 2 is 2.05 bits per heavy atom. The van der Waals surface area contributed by atoms with E-state index in [4.69, 9.17) is 11.6 Å². The third-order valence-electron chi connectivity index (χ3n) is 2.59. The van der Waals surface area contributed by atoms with Crippen molar-refractivity contribution in [2.45, 2.75) is 31.9 Å². The molecule has 0 unspecified atom stereocenters. The Balaban J connectivity index is 2.52. The zero-order chi connectivity index (χ0) is 14.2. The van der Waals surface area contributed by atoms with Crippen molar-refractivity contribution in [3.05, 3.63) is 28.9 Å². The first-order chi connectivity index (χ1) is 8.82. The molecule has 2 rings (SSSR count). The predicted octanol–water partition coefficient (Wildman–Crippen LogP) is 4.95. The first-order valence-corrected chi connectivity index (χ1v) is 6.99. The molecule has 0 bridgehead atoms. The molecule has 0 atom stereocenters. The quantitative estimate of drug-likeness (QED) is 0.734. The molecule has 0 radical (unpaired) electrons. The molecule has 0 N–H and O–H groups in total. The second-order valence-corrected chi connectivity index (χ2v) is 5.78. The van der Waals surface area contributed by atoms with Gasteiger partial charge in [-0.25, -0.2) is 4.98 Å². The second kappa shape index (κ2) is 5.17. The Kier molecular flexibility index (Phi) is 3.92. The Bertz CT molecular complexity index is 572. The Hall–Kier alpha value is -1.01. The molecule has 2 aromatic rings. The van der Waals surface area contributed by atoms with E-state index in [1.54, 1.807) is 12.1 Å². The van der Waals surface area contributed by atoms with Gasteiger partial charge >= 0.3 is 6.18 Å². The third kappa shape index (κ3) is 2.95. The van der Waals surface area contributed by atoms with Gasteiger partial charge in [0.2, 0.25) is 0 Å². The highest BCUT2D eigenvalue weighted by Crippen LogP contribution is 2.35. The highest BCUT2D eigenvalue weighted by molar-refractivity contribution is 7.15. The van der Waals surface area contributed by atoms with Crippen LogP contribution in [-0.4, -0.2) is 9.55 Å². The van der Waals surface area contributed by atoms with Gasteiger partial charge in [0, 0.05) is 17.1 Å². The monoisotopic (exact) mass is 308 g/mol. The summed E-state index contributed by atoms with van der Waals surface area (Å²) in [5.41, 5.74) is -0.864. The van der Waals surface area contributed by atoms with Gasteiger partial charge in [-0.15, -0.1) is 22.9 Å². The van der Waals surface area contributed by atoms with E-state index in [0.717, 1.165) is 11.1 Å². The standard InChI is InChI=1S/C12H12ClF3N2S/c1-7(2)18-6-10(12(14,15)16)17-11(18)9-4-3-8(5-13)19-9/h3-4,6-7H,5H2,1-2H3. The zero-order valence-electron chi connectivity index (χ0n) is 10.3. The second-order valence-electron chi connectivity index (χ2n) is 4.35. The highest BCUT2D eigenvalue weighted by Gasteiger charge is 2.35. The molecule has 19 heavy (non-hydrogen) atoms. The van der Waals surface area contributed by atoms with Crippen LogP contribution in [0.4, 0.5) is 13.2 Å². The number of hydrogen-bond donors (Lipinski definition) is 0. The number of nitrogens with zero attached hydrogens (tertiary/aromatic N) is 2. The molecule has 0 aliphatic carbocycles. The summed E-state index contributed by atoms with van der Waals surface area (Å²) >= 11 is 7.07. The van der Waals surface area contributed by atoms with Crippen molar-refractivity contribution in [1.29, 1.82) is 0 Å². The number of hydrogen-bond acceptors (Lipinski definition) is 2. The molecule has 2 aromatic heterocycles. The maximum Gasteiger partial charge on any atom is 0.434 e. The van der Waals surface area contributed by atoms with Crippen LogP contribution in [0.15, 0.2) is 18.3 Å². The maximum atomic E-state index is 12.7. The van der Waals surface area contributed by atoms with Crippen LogP contribution in [-0.2, 0) is 12.1 Å².